The van der Waals surface area contributed by atoms with Gasteiger partial charge in [-0.15, -0.1) is 0 Å². The van der Waals surface area contributed by atoms with Crippen molar-refractivity contribution in [1.82, 2.24) is 9.88 Å². The molecule has 0 radical (unpaired) electrons. The molecule has 1 N–H and O–H groups in total. The van der Waals surface area contributed by atoms with Gasteiger partial charge in [0.15, 0.2) is 0 Å². The van der Waals surface area contributed by atoms with Gasteiger partial charge in [0.1, 0.15) is 0 Å². The highest BCUT2D eigenvalue weighted by Gasteiger charge is 2.55. The van der Waals surface area contributed by atoms with Crippen molar-refractivity contribution in [2.75, 3.05) is 13.1 Å². The molecule has 2 aliphatic rings. The van der Waals surface area contributed by atoms with Gasteiger partial charge in [-0.3, -0.25) is 14.6 Å². The molecule has 3 rings (SSSR count). The van der Waals surface area contributed by atoms with Gasteiger partial charge in [0.2, 0.25) is 0 Å². The van der Waals surface area contributed by atoms with Gasteiger partial charge in [0.25, 0.3) is 5.91 Å². The number of nitrogens with zero attached hydrogens (tertiary/aromatic N) is 2. The predicted octanol–water partition coefficient (Wildman–Crippen LogP) is 1.72. The van der Waals surface area contributed by atoms with E-state index in [1.165, 1.54) is 0 Å². The lowest BCUT2D eigenvalue weighted by atomic mass is 9.81. The van der Waals surface area contributed by atoms with E-state index in [2.05, 4.69) is 4.98 Å². The zero-order chi connectivity index (χ0) is 14.3. The number of fused-ring (bicyclic) bond motifs is 1. The third-order valence-electron chi connectivity index (χ3n) is 4.74. The minimum atomic E-state index is -0.752. The molecule has 106 valence electrons. The second-order valence-corrected chi connectivity index (χ2v) is 5.92. The Morgan fingerprint density at radius 1 is 1.45 bits per heavy atom. The number of aromatic nitrogens is 1. The Morgan fingerprint density at radius 3 is 2.85 bits per heavy atom. The summed E-state index contributed by atoms with van der Waals surface area (Å²) < 4.78 is 0. The maximum absolute atomic E-state index is 12.4. The summed E-state index contributed by atoms with van der Waals surface area (Å²) in [7, 11) is 0. The molecule has 0 aromatic carbocycles. The van der Waals surface area contributed by atoms with E-state index < -0.39 is 11.4 Å². The second-order valence-electron chi connectivity index (χ2n) is 5.92. The number of carbonyl (C=O) groups excluding carboxylic acids is 1. The van der Waals surface area contributed by atoms with Crippen LogP contribution < -0.4 is 0 Å². The maximum atomic E-state index is 12.4. The molecule has 20 heavy (non-hydrogen) atoms. The molecule has 5 nitrogen and oxygen atoms in total. The van der Waals surface area contributed by atoms with Crippen LogP contribution in [0.1, 0.15) is 35.3 Å². The number of hydrogen-bond acceptors (Lipinski definition) is 3. The van der Waals surface area contributed by atoms with Crippen molar-refractivity contribution in [3.8, 4) is 0 Å². The molecule has 1 saturated carbocycles. The van der Waals surface area contributed by atoms with Gasteiger partial charge in [-0.2, -0.15) is 0 Å². The molecule has 1 aromatic heterocycles. The zero-order valence-corrected chi connectivity index (χ0v) is 11.5. The molecular weight excluding hydrogens is 256 g/mol. The Balaban J connectivity index is 1.82. The quantitative estimate of drug-likeness (QED) is 0.891. The van der Waals surface area contributed by atoms with E-state index in [0.29, 0.717) is 25.1 Å². The van der Waals surface area contributed by atoms with Gasteiger partial charge in [-0.05, 0) is 37.8 Å². The van der Waals surface area contributed by atoms with Crippen LogP contribution in [0, 0.1) is 18.3 Å². The topological polar surface area (TPSA) is 70.5 Å². The lowest BCUT2D eigenvalue weighted by molar-refractivity contribution is -0.149. The third kappa shape index (κ3) is 1.88. The molecule has 2 atom stereocenters. The molecule has 5 heteroatoms. The first-order chi connectivity index (χ1) is 9.53. The number of likely N-dealkylation sites (tertiary alicyclic amines) is 1. The van der Waals surface area contributed by atoms with E-state index in [9.17, 15) is 14.7 Å². The first-order valence-electron chi connectivity index (χ1n) is 6.98. The van der Waals surface area contributed by atoms with Gasteiger partial charge in [-0.25, -0.2) is 0 Å². The summed E-state index contributed by atoms with van der Waals surface area (Å²) in [5.41, 5.74) is 0.686. The predicted molar refractivity (Wildman–Crippen MR) is 72.3 cm³/mol. The van der Waals surface area contributed by atoms with E-state index in [1.54, 1.807) is 23.2 Å². The molecule has 1 saturated heterocycles. The summed E-state index contributed by atoms with van der Waals surface area (Å²) in [5.74, 6) is -0.757. The molecule has 2 fully saturated rings. The lowest BCUT2D eigenvalue weighted by Crippen LogP contribution is -2.37. The Bertz CT molecular complexity index is 555. The third-order valence-corrected chi connectivity index (χ3v) is 4.74. The fourth-order valence-corrected chi connectivity index (χ4v) is 3.57. The molecule has 2 heterocycles. The van der Waals surface area contributed by atoms with E-state index in [1.807, 2.05) is 6.92 Å². The Hall–Kier alpha value is -1.91. The van der Waals surface area contributed by atoms with Crippen LogP contribution in [0.25, 0.3) is 0 Å². The second kappa shape index (κ2) is 4.58. The number of pyridine rings is 1. The molecule has 1 aromatic rings. The number of aryl methyl sites for hydroxylation is 1. The molecule has 0 spiro atoms. The van der Waals surface area contributed by atoms with Gasteiger partial charge >= 0.3 is 5.97 Å². The van der Waals surface area contributed by atoms with Gasteiger partial charge in [0, 0.05) is 25.0 Å². The number of rotatable bonds is 2. The van der Waals surface area contributed by atoms with Crippen molar-refractivity contribution in [2.24, 2.45) is 11.3 Å². The minimum absolute atomic E-state index is 0.0994. The average Bonchev–Trinajstić information content (AvgIpc) is 2.96. The molecule has 1 aliphatic carbocycles. The number of amides is 1. The highest BCUT2D eigenvalue weighted by molar-refractivity contribution is 5.95. The van der Waals surface area contributed by atoms with Crippen LogP contribution in [-0.4, -0.2) is 40.0 Å². The SMILES string of the molecule is Cc1ccc(C(=O)N2C[C@@H]3CCC[C@@]3(C(=O)O)C2)cn1. The smallest absolute Gasteiger partial charge is 0.311 e. The standard InChI is InChI=1S/C15H18N2O3/c1-10-4-5-11(7-16-10)13(18)17-8-12-3-2-6-15(12,9-17)14(19)20/h4-5,7,12H,2-3,6,8-9H2,1H3,(H,19,20)/t12-,15+/m0/s1. The van der Waals surface area contributed by atoms with Gasteiger partial charge in [-0.1, -0.05) is 6.42 Å². The highest BCUT2D eigenvalue weighted by atomic mass is 16.4. The number of carboxylic acid groups (broad SMARTS) is 1. The first kappa shape index (κ1) is 13.1. The molecule has 0 unspecified atom stereocenters. The average molecular weight is 274 g/mol. The summed E-state index contributed by atoms with van der Waals surface area (Å²) in [6, 6.07) is 3.56. The minimum Gasteiger partial charge on any atom is -0.481 e. The summed E-state index contributed by atoms with van der Waals surface area (Å²) >= 11 is 0. The zero-order valence-electron chi connectivity index (χ0n) is 11.5. The van der Waals surface area contributed by atoms with Gasteiger partial charge in [0.05, 0.1) is 11.0 Å². The highest BCUT2D eigenvalue weighted by Crippen LogP contribution is 2.49. The van der Waals surface area contributed by atoms with Crippen LogP contribution >= 0.6 is 0 Å². The van der Waals surface area contributed by atoms with Crippen LogP contribution in [-0.2, 0) is 4.79 Å². The van der Waals surface area contributed by atoms with Crippen molar-refractivity contribution >= 4 is 11.9 Å². The van der Waals surface area contributed by atoms with Crippen molar-refractivity contribution in [1.29, 1.82) is 0 Å². The van der Waals surface area contributed by atoms with Crippen molar-refractivity contribution < 1.29 is 14.7 Å². The van der Waals surface area contributed by atoms with Crippen molar-refractivity contribution in [3.63, 3.8) is 0 Å². The Kier molecular flexibility index (Phi) is 3.00. The Morgan fingerprint density at radius 2 is 2.25 bits per heavy atom. The van der Waals surface area contributed by atoms with Crippen LogP contribution in [0.4, 0.5) is 0 Å². The van der Waals surface area contributed by atoms with Crippen LogP contribution in [0.2, 0.25) is 0 Å². The normalized spacial score (nSPS) is 28.4. The van der Waals surface area contributed by atoms with Crippen molar-refractivity contribution in [3.05, 3.63) is 29.6 Å². The number of carbonyl (C=O) groups is 2. The van der Waals surface area contributed by atoms with Crippen LogP contribution in [0.15, 0.2) is 18.3 Å². The molecule has 1 aliphatic heterocycles. The maximum Gasteiger partial charge on any atom is 0.311 e. The monoisotopic (exact) mass is 274 g/mol. The fraction of sp³-hybridized carbons (Fsp3) is 0.533. The van der Waals surface area contributed by atoms with Crippen molar-refractivity contribution in [2.45, 2.75) is 26.2 Å². The first-order valence-corrected chi connectivity index (χ1v) is 6.98. The molecule has 1 amide bonds. The summed E-state index contributed by atoms with van der Waals surface area (Å²) in [4.78, 5) is 29.9. The van der Waals surface area contributed by atoms with E-state index in [0.717, 1.165) is 18.5 Å². The van der Waals surface area contributed by atoms with E-state index in [4.69, 9.17) is 0 Å². The number of hydrogen-bond donors (Lipinski definition) is 1. The fourth-order valence-electron chi connectivity index (χ4n) is 3.57. The molecule has 0 bridgehead atoms. The van der Waals surface area contributed by atoms with Gasteiger partial charge < -0.3 is 10.0 Å². The summed E-state index contributed by atoms with van der Waals surface area (Å²) in [5, 5.41) is 9.53. The summed E-state index contributed by atoms with van der Waals surface area (Å²) in [6.07, 6.45) is 4.11. The largest absolute Gasteiger partial charge is 0.481 e. The van der Waals surface area contributed by atoms with Crippen LogP contribution in [0.3, 0.4) is 0 Å². The van der Waals surface area contributed by atoms with E-state index >= 15 is 0 Å². The van der Waals surface area contributed by atoms with Crippen LogP contribution in [0.5, 0.6) is 0 Å². The van der Waals surface area contributed by atoms with E-state index in [-0.39, 0.29) is 11.8 Å². The summed E-state index contributed by atoms with van der Waals surface area (Å²) in [6.45, 7) is 2.76. The number of aliphatic carboxylic acids is 1. The Labute approximate surface area is 117 Å². The lowest BCUT2D eigenvalue weighted by Gasteiger charge is -2.23. The molecular formula is C15H18N2O3. The number of carboxylic acids is 1.